The molecule has 29 heavy (non-hydrogen) atoms. The molecule has 5 nitrogen and oxygen atoms in total. The van der Waals surface area contributed by atoms with Gasteiger partial charge in [-0.25, -0.2) is 4.68 Å². The van der Waals surface area contributed by atoms with E-state index in [9.17, 15) is 4.79 Å². The molecular formula is C23H25ClN4O. The average Bonchev–Trinajstić information content (AvgIpc) is 3.03. The number of carbonyl (C=O) groups is 1. The quantitative estimate of drug-likeness (QED) is 0.588. The van der Waals surface area contributed by atoms with E-state index in [1.54, 1.807) is 6.92 Å². The van der Waals surface area contributed by atoms with Gasteiger partial charge in [-0.15, -0.1) is 0 Å². The summed E-state index contributed by atoms with van der Waals surface area (Å²) >= 11 is 6.68. The third kappa shape index (κ3) is 4.21. The molecule has 0 radical (unpaired) electrons. The number of halogens is 1. The van der Waals surface area contributed by atoms with Gasteiger partial charge in [0.15, 0.2) is 5.78 Å². The first-order chi connectivity index (χ1) is 14.0. The molecule has 1 aromatic heterocycles. The highest BCUT2D eigenvalue weighted by molar-refractivity contribution is 6.30. The van der Waals surface area contributed by atoms with Crippen LogP contribution >= 0.6 is 11.6 Å². The summed E-state index contributed by atoms with van der Waals surface area (Å²) in [6.45, 7) is 8.23. The van der Waals surface area contributed by atoms with Crippen molar-refractivity contribution in [1.82, 2.24) is 14.7 Å². The lowest BCUT2D eigenvalue weighted by atomic mass is 10.1. The number of Topliss-reactive ketones (excluding diaryl/α,β-unsaturated/α-hetero) is 1. The van der Waals surface area contributed by atoms with Crippen LogP contribution in [0, 0.1) is 6.92 Å². The molecule has 0 atom stereocenters. The highest BCUT2D eigenvalue weighted by Crippen LogP contribution is 2.26. The molecule has 1 aliphatic heterocycles. The number of aryl methyl sites for hydroxylation is 1. The zero-order valence-electron chi connectivity index (χ0n) is 16.8. The zero-order valence-corrected chi connectivity index (χ0v) is 17.6. The number of hydrogen-bond donors (Lipinski definition) is 0. The van der Waals surface area contributed by atoms with Crippen LogP contribution in [0.1, 0.15) is 28.5 Å². The van der Waals surface area contributed by atoms with E-state index < -0.39 is 0 Å². The largest absolute Gasteiger partial charge is 0.369 e. The van der Waals surface area contributed by atoms with Crippen LogP contribution in [-0.2, 0) is 6.54 Å². The number of ketones is 1. The molecule has 4 rings (SSSR count). The molecule has 150 valence electrons. The van der Waals surface area contributed by atoms with Gasteiger partial charge < -0.3 is 4.90 Å². The van der Waals surface area contributed by atoms with Crippen LogP contribution in [0.3, 0.4) is 0 Å². The Labute approximate surface area is 176 Å². The number of benzene rings is 2. The van der Waals surface area contributed by atoms with E-state index in [0.717, 1.165) is 55.2 Å². The third-order valence-electron chi connectivity index (χ3n) is 5.52. The molecule has 1 aliphatic rings. The molecular weight excluding hydrogens is 384 g/mol. The fourth-order valence-electron chi connectivity index (χ4n) is 3.75. The van der Waals surface area contributed by atoms with Gasteiger partial charge >= 0.3 is 0 Å². The molecule has 2 aromatic carbocycles. The molecule has 0 saturated carbocycles. The number of para-hydroxylation sites is 1. The van der Waals surface area contributed by atoms with E-state index in [-0.39, 0.29) is 5.78 Å². The lowest BCUT2D eigenvalue weighted by molar-refractivity contribution is 0.101. The zero-order chi connectivity index (χ0) is 20.4. The third-order valence-corrected chi connectivity index (χ3v) is 5.90. The van der Waals surface area contributed by atoms with Crippen molar-refractivity contribution in [2.24, 2.45) is 0 Å². The Balaban J connectivity index is 1.41. The van der Waals surface area contributed by atoms with Crippen LogP contribution in [0.25, 0.3) is 5.69 Å². The number of nitrogens with zero attached hydrogens (tertiary/aromatic N) is 4. The minimum atomic E-state index is 0.102. The molecule has 6 heteroatoms. The average molecular weight is 409 g/mol. The Bertz CT molecular complexity index is 990. The summed E-state index contributed by atoms with van der Waals surface area (Å²) < 4.78 is 1.82. The van der Waals surface area contributed by atoms with Crippen molar-refractivity contribution < 1.29 is 4.79 Å². The molecule has 0 N–H and O–H groups in total. The van der Waals surface area contributed by atoms with Gasteiger partial charge in [-0.2, -0.15) is 5.10 Å². The first-order valence-corrected chi connectivity index (χ1v) is 10.3. The lowest BCUT2D eigenvalue weighted by Gasteiger charge is -2.36. The Hall–Kier alpha value is -2.63. The van der Waals surface area contributed by atoms with Gasteiger partial charge in [-0.1, -0.05) is 29.8 Å². The van der Waals surface area contributed by atoms with Crippen molar-refractivity contribution in [1.29, 1.82) is 0 Å². The van der Waals surface area contributed by atoms with Crippen molar-refractivity contribution >= 4 is 23.1 Å². The summed E-state index contributed by atoms with van der Waals surface area (Å²) in [4.78, 5) is 16.2. The fraction of sp³-hybridized carbons (Fsp3) is 0.304. The Morgan fingerprint density at radius 2 is 1.62 bits per heavy atom. The smallest absolute Gasteiger partial charge is 0.159 e. The highest BCUT2D eigenvalue weighted by atomic mass is 35.5. The minimum Gasteiger partial charge on any atom is -0.369 e. The second kappa shape index (κ2) is 8.39. The van der Waals surface area contributed by atoms with Gasteiger partial charge in [0.2, 0.25) is 0 Å². The summed E-state index contributed by atoms with van der Waals surface area (Å²) in [5.74, 6) is 0.102. The lowest BCUT2D eigenvalue weighted by Crippen LogP contribution is -2.46. The highest BCUT2D eigenvalue weighted by Gasteiger charge is 2.21. The van der Waals surface area contributed by atoms with Crippen LogP contribution in [0.15, 0.2) is 54.6 Å². The summed E-state index contributed by atoms with van der Waals surface area (Å²) in [7, 11) is 0. The molecule has 0 bridgehead atoms. The topological polar surface area (TPSA) is 41.4 Å². The second-order valence-corrected chi connectivity index (χ2v) is 7.83. The monoisotopic (exact) mass is 408 g/mol. The molecule has 1 saturated heterocycles. The number of piperazine rings is 1. The van der Waals surface area contributed by atoms with Crippen molar-refractivity contribution in [2.75, 3.05) is 31.1 Å². The molecule has 0 amide bonds. The van der Waals surface area contributed by atoms with E-state index in [2.05, 4.69) is 14.9 Å². The fourth-order valence-corrected chi connectivity index (χ4v) is 4.08. The van der Waals surface area contributed by atoms with E-state index in [0.29, 0.717) is 5.15 Å². The summed E-state index contributed by atoms with van der Waals surface area (Å²) in [5, 5.41) is 5.34. The maximum absolute atomic E-state index is 11.5. The molecule has 0 aliphatic carbocycles. The number of aromatic nitrogens is 2. The van der Waals surface area contributed by atoms with Crippen molar-refractivity contribution in [3.8, 4) is 5.69 Å². The summed E-state index contributed by atoms with van der Waals surface area (Å²) in [6, 6.07) is 17.9. The normalized spacial score (nSPS) is 14.9. The molecule has 0 spiro atoms. The van der Waals surface area contributed by atoms with Crippen LogP contribution in [0.2, 0.25) is 5.15 Å². The van der Waals surface area contributed by atoms with E-state index >= 15 is 0 Å². The van der Waals surface area contributed by atoms with E-state index in [4.69, 9.17) is 11.6 Å². The minimum absolute atomic E-state index is 0.102. The number of rotatable bonds is 5. The Kier molecular flexibility index (Phi) is 5.69. The van der Waals surface area contributed by atoms with Crippen LogP contribution in [-0.4, -0.2) is 46.6 Å². The molecule has 3 aromatic rings. The molecule has 2 heterocycles. The predicted octanol–water partition coefficient (Wildman–Crippen LogP) is 4.36. The summed E-state index contributed by atoms with van der Waals surface area (Å²) in [5.41, 5.74) is 4.97. The first kappa shape index (κ1) is 19.7. The van der Waals surface area contributed by atoms with Gasteiger partial charge in [-0.3, -0.25) is 9.69 Å². The SMILES string of the molecule is CC(=O)c1ccc(N2CCN(Cc3c(C)nn(-c4ccccc4)c3Cl)CC2)cc1. The molecule has 1 fully saturated rings. The maximum atomic E-state index is 11.5. The first-order valence-electron chi connectivity index (χ1n) is 9.90. The van der Waals surface area contributed by atoms with Gasteiger partial charge in [0.25, 0.3) is 0 Å². The number of anilines is 1. The van der Waals surface area contributed by atoms with Gasteiger partial charge in [-0.05, 0) is 50.2 Å². The van der Waals surface area contributed by atoms with Crippen molar-refractivity contribution in [3.63, 3.8) is 0 Å². The van der Waals surface area contributed by atoms with E-state index in [1.807, 2.05) is 66.2 Å². The maximum Gasteiger partial charge on any atom is 0.159 e. The molecule has 0 unspecified atom stereocenters. The van der Waals surface area contributed by atoms with E-state index in [1.165, 1.54) is 5.69 Å². The van der Waals surface area contributed by atoms with Gasteiger partial charge in [0.05, 0.1) is 11.4 Å². The second-order valence-electron chi connectivity index (χ2n) is 7.47. The van der Waals surface area contributed by atoms with Gasteiger partial charge in [0, 0.05) is 49.5 Å². The summed E-state index contributed by atoms with van der Waals surface area (Å²) in [6.07, 6.45) is 0. The van der Waals surface area contributed by atoms with Crippen LogP contribution in [0.4, 0.5) is 5.69 Å². The van der Waals surface area contributed by atoms with Crippen LogP contribution in [0.5, 0.6) is 0 Å². The predicted molar refractivity (Wildman–Crippen MR) is 117 cm³/mol. The van der Waals surface area contributed by atoms with Crippen LogP contribution < -0.4 is 4.90 Å². The number of hydrogen-bond acceptors (Lipinski definition) is 4. The Morgan fingerprint density at radius 3 is 2.24 bits per heavy atom. The standard InChI is InChI=1S/C23H25ClN4O/c1-17-22(23(24)28(25-17)21-6-4-3-5-7-21)16-26-12-14-27(15-13-26)20-10-8-19(9-11-20)18(2)29/h3-11H,12-16H2,1-2H3. The van der Waals surface area contributed by atoms with Gasteiger partial charge in [0.1, 0.15) is 5.15 Å². The number of carbonyl (C=O) groups excluding carboxylic acids is 1. The van der Waals surface area contributed by atoms with Crippen molar-refractivity contribution in [2.45, 2.75) is 20.4 Å². The Morgan fingerprint density at radius 1 is 0.966 bits per heavy atom. The van der Waals surface area contributed by atoms with Crippen molar-refractivity contribution in [3.05, 3.63) is 76.6 Å².